The van der Waals surface area contributed by atoms with E-state index in [9.17, 15) is 13.2 Å². The van der Waals surface area contributed by atoms with E-state index in [4.69, 9.17) is 0 Å². The molecule has 2 aliphatic rings. The molecule has 0 N–H and O–H groups in total. The van der Waals surface area contributed by atoms with Crippen LogP contribution in [0.1, 0.15) is 31.9 Å². The molecule has 120 valence electrons. The summed E-state index contributed by atoms with van der Waals surface area (Å²) in [7, 11) is 0. The largest absolute Gasteiger partial charge is 0.417 e. The number of alkyl halides is 3. The molecule has 0 spiro atoms. The van der Waals surface area contributed by atoms with E-state index < -0.39 is 11.7 Å². The van der Waals surface area contributed by atoms with Crippen LogP contribution in [0, 0.1) is 0 Å². The number of fused-ring (bicyclic) bond motifs is 3. The Morgan fingerprint density at radius 2 is 1.91 bits per heavy atom. The van der Waals surface area contributed by atoms with Crippen LogP contribution in [-0.2, 0) is 6.18 Å². The molecule has 0 bridgehead atoms. The van der Waals surface area contributed by atoms with Crippen molar-refractivity contribution in [3.8, 4) is 0 Å². The van der Waals surface area contributed by atoms with Crippen LogP contribution in [0.25, 0.3) is 6.08 Å². The van der Waals surface area contributed by atoms with E-state index in [1.165, 1.54) is 6.07 Å². The Bertz CT molecular complexity index is 602. The number of aromatic nitrogens is 1. The van der Waals surface area contributed by atoms with Gasteiger partial charge in [-0.05, 0) is 26.8 Å². The number of hydrogen-bond donors (Lipinski definition) is 0. The monoisotopic (exact) mass is 311 g/mol. The summed E-state index contributed by atoms with van der Waals surface area (Å²) in [4.78, 5) is 8.60. The molecule has 0 saturated carbocycles. The van der Waals surface area contributed by atoms with Gasteiger partial charge < -0.3 is 4.90 Å². The second kappa shape index (κ2) is 4.98. The highest BCUT2D eigenvalue weighted by Crippen LogP contribution is 2.35. The van der Waals surface area contributed by atoms with Crippen LogP contribution >= 0.6 is 0 Å². The molecule has 3 rings (SSSR count). The minimum atomic E-state index is -4.35. The first-order valence-corrected chi connectivity index (χ1v) is 7.43. The van der Waals surface area contributed by atoms with Gasteiger partial charge in [0.1, 0.15) is 5.82 Å². The maximum absolute atomic E-state index is 12.8. The van der Waals surface area contributed by atoms with Crippen molar-refractivity contribution >= 4 is 11.9 Å². The summed E-state index contributed by atoms with van der Waals surface area (Å²) in [5.74, 6) is 0.661. The molecule has 2 aliphatic heterocycles. The van der Waals surface area contributed by atoms with Gasteiger partial charge in [0.05, 0.1) is 11.6 Å². The number of pyridine rings is 1. The van der Waals surface area contributed by atoms with Gasteiger partial charge in [-0.15, -0.1) is 0 Å². The fourth-order valence-corrected chi connectivity index (χ4v) is 3.05. The van der Waals surface area contributed by atoms with E-state index in [2.05, 4.69) is 35.6 Å². The van der Waals surface area contributed by atoms with Gasteiger partial charge in [0.15, 0.2) is 0 Å². The summed E-state index contributed by atoms with van der Waals surface area (Å²) in [5.41, 5.74) is -0.0497. The van der Waals surface area contributed by atoms with E-state index in [1.807, 2.05) is 6.08 Å². The molecular formula is C16H20F3N3. The quantitative estimate of drug-likeness (QED) is 0.732. The zero-order valence-corrected chi connectivity index (χ0v) is 13.0. The number of halogens is 3. The van der Waals surface area contributed by atoms with E-state index in [0.29, 0.717) is 11.4 Å². The van der Waals surface area contributed by atoms with Crippen LogP contribution in [0.4, 0.5) is 19.0 Å². The predicted octanol–water partition coefficient (Wildman–Crippen LogP) is 3.42. The second-order valence-electron chi connectivity index (χ2n) is 6.87. The highest BCUT2D eigenvalue weighted by molar-refractivity contribution is 5.70. The molecular weight excluding hydrogens is 291 g/mol. The van der Waals surface area contributed by atoms with Crippen molar-refractivity contribution in [1.29, 1.82) is 0 Å². The van der Waals surface area contributed by atoms with Gasteiger partial charge >= 0.3 is 6.18 Å². The highest BCUT2D eigenvalue weighted by atomic mass is 19.4. The Hall–Kier alpha value is -1.56. The zero-order chi connectivity index (χ0) is 16.1. The van der Waals surface area contributed by atoms with E-state index >= 15 is 0 Å². The topological polar surface area (TPSA) is 19.4 Å². The summed E-state index contributed by atoms with van der Waals surface area (Å²) in [6.45, 7) is 9.06. The number of nitrogens with zero attached hydrogens (tertiary/aromatic N) is 3. The lowest BCUT2D eigenvalue weighted by Crippen LogP contribution is -2.58. The molecule has 0 radical (unpaired) electrons. The molecule has 1 aromatic rings. The van der Waals surface area contributed by atoms with Crippen LogP contribution in [-0.4, -0.2) is 41.1 Å². The number of rotatable bonds is 0. The van der Waals surface area contributed by atoms with Crippen molar-refractivity contribution in [1.82, 2.24) is 9.88 Å². The lowest BCUT2D eigenvalue weighted by molar-refractivity contribution is -0.137. The number of piperazine rings is 1. The lowest BCUT2D eigenvalue weighted by atomic mass is 9.98. The molecule has 1 saturated heterocycles. The fraction of sp³-hybridized carbons (Fsp3) is 0.562. The average molecular weight is 311 g/mol. The smallest absolute Gasteiger partial charge is 0.347 e. The molecule has 1 atom stereocenters. The number of hydrogen-bond acceptors (Lipinski definition) is 3. The number of anilines is 1. The third-order valence-corrected chi connectivity index (χ3v) is 4.36. The van der Waals surface area contributed by atoms with Gasteiger partial charge in [-0.25, -0.2) is 4.98 Å². The van der Waals surface area contributed by atoms with Gasteiger partial charge in [-0.1, -0.05) is 12.2 Å². The summed E-state index contributed by atoms with van der Waals surface area (Å²) in [6, 6.07) is 1.36. The third kappa shape index (κ3) is 2.72. The standard InChI is InChI=1S/C16H20F3N3/c1-15(2,3)21-6-7-22-13(10-21)5-4-11-8-12(16(17,18)19)9-20-14(11)22/h4-5,8-9,13H,6-7,10H2,1-3H3/t13-/m0/s1. The zero-order valence-electron chi connectivity index (χ0n) is 13.0. The van der Waals surface area contributed by atoms with Crippen molar-refractivity contribution in [2.24, 2.45) is 0 Å². The summed E-state index contributed by atoms with van der Waals surface area (Å²) >= 11 is 0. The van der Waals surface area contributed by atoms with Crippen molar-refractivity contribution < 1.29 is 13.2 Å². The van der Waals surface area contributed by atoms with Crippen molar-refractivity contribution in [3.05, 3.63) is 29.5 Å². The highest BCUT2D eigenvalue weighted by Gasteiger charge is 2.36. The first kappa shape index (κ1) is 15.3. The maximum Gasteiger partial charge on any atom is 0.417 e. The van der Waals surface area contributed by atoms with Crippen molar-refractivity contribution in [2.75, 3.05) is 24.5 Å². The Kier molecular flexibility index (Phi) is 3.47. The fourth-order valence-electron chi connectivity index (χ4n) is 3.05. The minimum absolute atomic E-state index is 0.0910. The summed E-state index contributed by atoms with van der Waals surface area (Å²) < 4.78 is 38.4. The van der Waals surface area contributed by atoms with E-state index in [0.717, 1.165) is 25.8 Å². The van der Waals surface area contributed by atoms with Crippen molar-refractivity contribution in [3.63, 3.8) is 0 Å². The first-order valence-electron chi connectivity index (χ1n) is 7.43. The Morgan fingerprint density at radius 3 is 2.55 bits per heavy atom. The molecule has 6 heteroatoms. The molecule has 0 aliphatic carbocycles. The van der Waals surface area contributed by atoms with Gasteiger partial charge in [-0.2, -0.15) is 13.2 Å². The summed E-state index contributed by atoms with van der Waals surface area (Å²) in [5, 5.41) is 0. The Morgan fingerprint density at radius 1 is 1.18 bits per heavy atom. The van der Waals surface area contributed by atoms with Crippen LogP contribution in [0.2, 0.25) is 0 Å². The molecule has 0 aromatic carbocycles. The van der Waals surface area contributed by atoms with Crippen LogP contribution < -0.4 is 4.90 Å². The van der Waals surface area contributed by atoms with E-state index in [-0.39, 0.29) is 11.6 Å². The van der Waals surface area contributed by atoms with Gasteiger partial charge in [0.25, 0.3) is 0 Å². The second-order valence-corrected chi connectivity index (χ2v) is 6.87. The Labute approximate surface area is 128 Å². The van der Waals surface area contributed by atoms with Crippen LogP contribution in [0.5, 0.6) is 0 Å². The summed E-state index contributed by atoms with van der Waals surface area (Å²) in [6.07, 6.45) is 0.343. The van der Waals surface area contributed by atoms with Gasteiger partial charge in [0.2, 0.25) is 0 Å². The maximum atomic E-state index is 12.8. The van der Waals surface area contributed by atoms with Crippen LogP contribution in [0.3, 0.4) is 0 Å². The Balaban J connectivity index is 1.88. The predicted molar refractivity (Wildman–Crippen MR) is 80.7 cm³/mol. The van der Waals surface area contributed by atoms with Gasteiger partial charge in [-0.3, -0.25) is 4.90 Å². The molecule has 0 unspecified atom stereocenters. The molecule has 1 fully saturated rings. The molecule has 0 amide bonds. The van der Waals surface area contributed by atoms with Crippen LogP contribution in [0.15, 0.2) is 18.3 Å². The van der Waals surface area contributed by atoms with Crippen molar-refractivity contribution in [2.45, 2.75) is 38.5 Å². The molecule has 22 heavy (non-hydrogen) atoms. The minimum Gasteiger partial charge on any atom is -0.347 e. The molecule has 3 heterocycles. The first-order chi connectivity index (χ1) is 10.2. The third-order valence-electron chi connectivity index (χ3n) is 4.36. The SMILES string of the molecule is CC(C)(C)N1CCN2c3ncc(C(F)(F)F)cc3C=C[C@H]2C1. The lowest BCUT2D eigenvalue weighted by Gasteiger charge is -2.47. The average Bonchev–Trinajstić information content (AvgIpc) is 2.44. The molecule has 1 aromatic heterocycles. The van der Waals surface area contributed by atoms with E-state index in [1.54, 1.807) is 6.08 Å². The van der Waals surface area contributed by atoms with Gasteiger partial charge in [0, 0.05) is 36.9 Å². The molecule has 3 nitrogen and oxygen atoms in total. The normalized spacial score (nSPS) is 22.5.